The largest absolute Gasteiger partial charge is 0.457 e. The van der Waals surface area contributed by atoms with Crippen molar-refractivity contribution in [2.75, 3.05) is 0 Å². The Kier molecular flexibility index (Phi) is 4.67. The molecule has 9 heteroatoms. The van der Waals surface area contributed by atoms with E-state index in [1.807, 2.05) is 18.2 Å². The van der Waals surface area contributed by atoms with E-state index in [0.717, 1.165) is 4.73 Å². The lowest BCUT2D eigenvalue weighted by molar-refractivity contribution is -0.909. The van der Waals surface area contributed by atoms with Gasteiger partial charge >= 0.3 is 0 Å². The molecule has 2 heterocycles. The van der Waals surface area contributed by atoms with Crippen LogP contribution in [0.3, 0.4) is 0 Å². The number of hydrogen-bond acceptors (Lipinski definition) is 5. The number of halogens is 1. The topological polar surface area (TPSA) is 96.2 Å². The van der Waals surface area contributed by atoms with E-state index < -0.39 is 21.4 Å². The molecule has 0 aliphatic carbocycles. The van der Waals surface area contributed by atoms with Gasteiger partial charge in [0.05, 0.1) is 22.7 Å². The fourth-order valence-corrected chi connectivity index (χ4v) is 4.27. The average molecular weight is 414 g/mol. The highest BCUT2D eigenvalue weighted by Crippen LogP contribution is 2.27. The number of fused-ring (bicyclic) bond motifs is 1. The number of nitrogens with zero attached hydrogens (tertiary/aromatic N) is 2. The molecule has 0 fully saturated rings. The maximum atomic E-state index is 13.4. The number of H-pyrrole nitrogens is 1. The summed E-state index contributed by atoms with van der Waals surface area (Å²) in [5.74, 6) is -0.0263. The molecule has 0 atom stereocenters. The van der Waals surface area contributed by atoms with Gasteiger partial charge in [0, 0.05) is 4.73 Å². The number of rotatable bonds is 5. The van der Waals surface area contributed by atoms with Crippen LogP contribution in [0.1, 0.15) is 11.3 Å². The Morgan fingerprint density at radius 3 is 2.69 bits per heavy atom. The molecule has 0 bridgehead atoms. The molecule has 0 amide bonds. The van der Waals surface area contributed by atoms with Crippen LogP contribution in [0.2, 0.25) is 0 Å². The number of imidazole rings is 1. The predicted octanol–water partition coefficient (Wildman–Crippen LogP) is 3.30. The second kappa shape index (κ2) is 7.17. The first-order chi connectivity index (χ1) is 13.8. The van der Waals surface area contributed by atoms with Crippen molar-refractivity contribution in [2.24, 2.45) is 0 Å². The number of para-hydroxylation sites is 1. The van der Waals surface area contributed by atoms with Crippen LogP contribution >= 0.6 is 0 Å². The number of pyridine rings is 1. The summed E-state index contributed by atoms with van der Waals surface area (Å²) in [4.78, 5) is 6.67. The highest BCUT2D eigenvalue weighted by atomic mass is 32.2. The van der Waals surface area contributed by atoms with Crippen LogP contribution in [-0.2, 0) is 15.6 Å². The van der Waals surface area contributed by atoms with Crippen molar-refractivity contribution in [1.29, 1.82) is 0 Å². The molecule has 4 aromatic rings. The Morgan fingerprint density at radius 1 is 1.17 bits per heavy atom. The van der Waals surface area contributed by atoms with Crippen molar-refractivity contribution in [3.05, 3.63) is 77.9 Å². The van der Waals surface area contributed by atoms with Crippen LogP contribution in [0, 0.1) is 12.7 Å². The van der Waals surface area contributed by atoms with Gasteiger partial charge in [-0.3, -0.25) is 5.21 Å². The Bertz CT molecular complexity index is 1300. The third-order valence-electron chi connectivity index (χ3n) is 4.46. The molecule has 0 spiro atoms. The molecule has 0 unspecified atom stereocenters. The first-order valence-electron chi connectivity index (χ1n) is 8.68. The molecule has 2 aromatic heterocycles. The minimum absolute atomic E-state index is 0.130. The van der Waals surface area contributed by atoms with Crippen molar-refractivity contribution >= 4 is 20.9 Å². The van der Waals surface area contributed by atoms with Crippen molar-refractivity contribution in [1.82, 2.24) is 9.97 Å². The van der Waals surface area contributed by atoms with Crippen molar-refractivity contribution in [2.45, 2.75) is 17.8 Å². The Morgan fingerprint density at radius 2 is 1.93 bits per heavy atom. The van der Waals surface area contributed by atoms with Gasteiger partial charge in [0.25, 0.3) is 5.69 Å². The predicted molar refractivity (Wildman–Crippen MR) is 102 cm³/mol. The number of benzene rings is 2. The van der Waals surface area contributed by atoms with E-state index in [1.54, 1.807) is 25.1 Å². The zero-order valence-electron chi connectivity index (χ0n) is 15.3. The van der Waals surface area contributed by atoms with Crippen LogP contribution in [0.4, 0.5) is 4.39 Å². The second-order valence-electron chi connectivity index (χ2n) is 6.47. The number of sulfone groups is 1. The lowest BCUT2D eigenvalue weighted by atomic mass is 10.2. The molecule has 0 saturated heterocycles. The zero-order chi connectivity index (χ0) is 20.6. The molecule has 148 valence electrons. The molecule has 0 radical (unpaired) electrons. The monoisotopic (exact) mass is 414 g/mol. The Hall–Kier alpha value is -3.46. The minimum Gasteiger partial charge on any atom is -0.457 e. The molecule has 7 nitrogen and oxygen atoms in total. The highest BCUT2D eigenvalue weighted by molar-refractivity contribution is 7.90. The molecule has 4 rings (SSSR count). The number of hydrogen-bond donors (Lipinski definition) is 2. The van der Waals surface area contributed by atoms with E-state index in [2.05, 4.69) is 9.97 Å². The van der Waals surface area contributed by atoms with Crippen molar-refractivity contribution < 1.29 is 27.5 Å². The summed E-state index contributed by atoms with van der Waals surface area (Å²) in [6.45, 7) is 1.66. The lowest BCUT2D eigenvalue weighted by Crippen LogP contribution is -2.37. The quantitative estimate of drug-likeness (QED) is 0.386. The van der Waals surface area contributed by atoms with Gasteiger partial charge in [0.1, 0.15) is 23.1 Å². The molecule has 0 saturated carbocycles. The lowest BCUT2D eigenvalue weighted by Gasteiger charge is -2.09. The van der Waals surface area contributed by atoms with Crippen LogP contribution in [-0.4, -0.2) is 23.6 Å². The van der Waals surface area contributed by atoms with Crippen LogP contribution in [0.25, 0.3) is 11.0 Å². The van der Waals surface area contributed by atoms with Gasteiger partial charge in [0.2, 0.25) is 21.2 Å². The summed E-state index contributed by atoms with van der Waals surface area (Å²) in [7, 11) is -3.95. The minimum atomic E-state index is -3.95. The third-order valence-corrected chi connectivity index (χ3v) is 5.90. The summed E-state index contributed by atoms with van der Waals surface area (Å²) in [6.07, 6.45) is 1.31. The molecule has 2 N–H and O–H groups in total. The Balaban J connectivity index is 1.69. The van der Waals surface area contributed by atoms with E-state index >= 15 is 0 Å². The Labute approximate surface area is 165 Å². The maximum Gasteiger partial charge on any atom is 0.256 e. The number of ether oxygens (including phenoxy) is 1. The first kappa shape index (κ1) is 18.9. The standard InChI is InChI=1S/C20H17FN3O4S/c1-13-18(24(25)10-9-19(13)28-15-5-3-2-4-6-15)12-29(26,27)20-22-16-8-7-14(21)11-17(16)23-20/h2-11,25H,12H2,1H3,(H,22,23)/q+1. The average Bonchev–Trinajstić information content (AvgIpc) is 3.12. The smallest absolute Gasteiger partial charge is 0.256 e. The van der Waals surface area contributed by atoms with Crippen LogP contribution in [0.5, 0.6) is 11.5 Å². The second-order valence-corrected chi connectivity index (χ2v) is 8.38. The van der Waals surface area contributed by atoms with Gasteiger partial charge in [-0.1, -0.05) is 18.2 Å². The molecule has 29 heavy (non-hydrogen) atoms. The number of nitrogens with one attached hydrogen (secondary N) is 1. The van der Waals surface area contributed by atoms with E-state index in [0.29, 0.717) is 22.6 Å². The third kappa shape index (κ3) is 3.77. The van der Waals surface area contributed by atoms with Crippen LogP contribution in [0.15, 0.2) is 66.0 Å². The molecule has 0 aliphatic rings. The summed E-state index contributed by atoms with van der Waals surface area (Å²) < 4.78 is 45.7. The highest BCUT2D eigenvalue weighted by Gasteiger charge is 2.29. The maximum absolute atomic E-state index is 13.4. The summed E-state index contributed by atoms with van der Waals surface area (Å²) in [5.41, 5.74) is 1.20. The van der Waals surface area contributed by atoms with E-state index in [1.165, 1.54) is 24.4 Å². The van der Waals surface area contributed by atoms with Gasteiger partial charge in [-0.05, 0) is 37.3 Å². The SMILES string of the molecule is Cc1c(Oc2ccccc2)cc[n+](O)c1CS(=O)(=O)c1nc2ccc(F)cc2[nH]1. The van der Waals surface area contributed by atoms with Gasteiger partial charge in [0.15, 0.2) is 0 Å². The molecule has 2 aromatic carbocycles. The van der Waals surface area contributed by atoms with Crippen molar-refractivity contribution in [3.63, 3.8) is 0 Å². The molecular formula is C20H17FN3O4S+. The summed E-state index contributed by atoms with van der Waals surface area (Å²) >= 11 is 0. The molecule has 0 aliphatic heterocycles. The van der Waals surface area contributed by atoms with E-state index in [4.69, 9.17) is 4.74 Å². The number of aromatic nitrogens is 3. The normalized spacial score (nSPS) is 11.7. The fourth-order valence-electron chi connectivity index (χ4n) is 2.92. The number of aromatic amines is 1. The van der Waals surface area contributed by atoms with E-state index in [-0.39, 0.29) is 16.4 Å². The van der Waals surface area contributed by atoms with Gasteiger partial charge in [-0.25, -0.2) is 17.8 Å². The first-order valence-corrected chi connectivity index (χ1v) is 10.3. The zero-order valence-corrected chi connectivity index (χ0v) is 16.1. The summed E-state index contributed by atoms with van der Waals surface area (Å²) in [6, 6.07) is 14.3. The van der Waals surface area contributed by atoms with Gasteiger partial charge in [-0.15, -0.1) is 0 Å². The fraction of sp³-hybridized carbons (Fsp3) is 0.100. The molecular weight excluding hydrogens is 397 g/mol. The van der Waals surface area contributed by atoms with E-state index in [9.17, 15) is 18.0 Å². The van der Waals surface area contributed by atoms with Gasteiger partial charge < -0.3 is 9.72 Å². The van der Waals surface area contributed by atoms with Crippen molar-refractivity contribution in [3.8, 4) is 11.5 Å². The van der Waals surface area contributed by atoms with Crippen LogP contribution < -0.4 is 9.47 Å². The van der Waals surface area contributed by atoms with Gasteiger partial charge in [-0.2, -0.15) is 0 Å². The summed E-state index contributed by atoms with van der Waals surface area (Å²) in [5, 5.41) is 9.89.